The van der Waals surface area contributed by atoms with Gasteiger partial charge in [-0.2, -0.15) is 0 Å². The van der Waals surface area contributed by atoms with Gasteiger partial charge in [0, 0.05) is 37.8 Å². The van der Waals surface area contributed by atoms with Crippen molar-refractivity contribution in [2.75, 3.05) is 31.1 Å². The number of fused-ring (bicyclic) bond motifs is 1. The van der Waals surface area contributed by atoms with Gasteiger partial charge in [-0.1, -0.05) is 24.3 Å². The molecule has 5 heteroatoms. The van der Waals surface area contributed by atoms with Crippen LogP contribution in [0.4, 0.5) is 10.6 Å². The lowest BCUT2D eigenvalue weighted by molar-refractivity contribution is 0.0240. The number of rotatable bonds is 1. The van der Waals surface area contributed by atoms with Gasteiger partial charge in [0.2, 0.25) is 0 Å². The topological polar surface area (TPSA) is 45.7 Å². The number of aromatic nitrogens is 1. The summed E-state index contributed by atoms with van der Waals surface area (Å²) in [5.41, 5.74) is -0.453. The van der Waals surface area contributed by atoms with E-state index in [0.29, 0.717) is 13.1 Å². The molecule has 0 spiro atoms. The summed E-state index contributed by atoms with van der Waals surface area (Å²) < 4.78 is 5.44. The van der Waals surface area contributed by atoms with Crippen LogP contribution in [0.5, 0.6) is 0 Å². The van der Waals surface area contributed by atoms with Crippen molar-refractivity contribution in [3.05, 3.63) is 36.5 Å². The number of amides is 1. The molecule has 23 heavy (non-hydrogen) atoms. The Labute approximate surface area is 136 Å². The highest BCUT2D eigenvalue weighted by Gasteiger charge is 2.26. The van der Waals surface area contributed by atoms with Crippen LogP contribution < -0.4 is 4.90 Å². The number of hydrogen-bond donors (Lipinski definition) is 0. The van der Waals surface area contributed by atoms with Crippen LogP contribution in [-0.4, -0.2) is 47.8 Å². The molecule has 1 saturated heterocycles. The molecule has 1 aromatic carbocycles. The quantitative estimate of drug-likeness (QED) is 0.810. The summed E-state index contributed by atoms with van der Waals surface area (Å²) in [6.45, 7) is 8.50. The molecule has 0 radical (unpaired) electrons. The average molecular weight is 313 g/mol. The van der Waals surface area contributed by atoms with Crippen molar-refractivity contribution in [3.63, 3.8) is 0 Å². The van der Waals surface area contributed by atoms with Gasteiger partial charge in [-0.15, -0.1) is 0 Å². The van der Waals surface area contributed by atoms with E-state index in [9.17, 15) is 4.79 Å². The Balaban J connectivity index is 1.70. The fourth-order valence-corrected chi connectivity index (χ4v) is 2.78. The Morgan fingerprint density at radius 2 is 1.78 bits per heavy atom. The van der Waals surface area contributed by atoms with E-state index in [1.54, 1.807) is 4.90 Å². The summed E-state index contributed by atoms with van der Waals surface area (Å²) in [5, 5.41) is 2.34. The lowest BCUT2D eigenvalue weighted by Crippen LogP contribution is -2.50. The van der Waals surface area contributed by atoms with Crippen LogP contribution >= 0.6 is 0 Å². The maximum atomic E-state index is 12.1. The molecule has 0 bridgehead atoms. The second kappa shape index (κ2) is 6.07. The number of nitrogens with zero attached hydrogens (tertiary/aromatic N) is 3. The number of benzene rings is 1. The van der Waals surface area contributed by atoms with E-state index in [0.717, 1.165) is 24.3 Å². The molecule has 2 aromatic rings. The molecule has 1 aromatic heterocycles. The zero-order chi connectivity index (χ0) is 16.4. The maximum Gasteiger partial charge on any atom is 0.410 e. The van der Waals surface area contributed by atoms with Crippen LogP contribution in [0.1, 0.15) is 20.8 Å². The van der Waals surface area contributed by atoms with Crippen LogP contribution in [-0.2, 0) is 4.74 Å². The Bertz CT molecular complexity index is 695. The first-order valence-corrected chi connectivity index (χ1v) is 8.01. The molecule has 122 valence electrons. The molecule has 0 unspecified atom stereocenters. The van der Waals surface area contributed by atoms with Gasteiger partial charge in [-0.05, 0) is 32.2 Å². The first-order valence-electron chi connectivity index (χ1n) is 8.01. The van der Waals surface area contributed by atoms with Crippen molar-refractivity contribution in [2.24, 2.45) is 0 Å². The second-order valence-electron chi connectivity index (χ2n) is 6.81. The van der Waals surface area contributed by atoms with Gasteiger partial charge in [0.25, 0.3) is 0 Å². The summed E-state index contributed by atoms with van der Waals surface area (Å²) in [7, 11) is 0. The van der Waals surface area contributed by atoms with E-state index in [1.807, 2.05) is 45.2 Å². The van der Waals surface area contributed by atoms with Gasteiger partial charge in [-0.3, -0.25) is 0 Å². The first-order chi connectivity index (χ1) is 10.9. The largest absolute Gasteiger partial charge is 0.444 e. The standard InChI is InChI=1S/C18H23N3O2/c1-18(2,3)23-17(22)21-12-10-20(11-13-21)16-15-7-5-4-6-14(15)8-9-19-16/h4-9H,10-13H2,1-3H3. The number of hydrogen-bond acceptors (Lipinski definition) is 4. The minimum Gasteiger partial charge on any atom is -0.444 e. The van der Waals surface area contributed by atoms with Crippen LogP contribution in [0.25, 0.3) is 10.8 Å². The van der Waals surface area contributed by atoms with E-state index < -0.39 is 5.60 Å². The Morgan fingerprint density at radius 3 is 2.48 bits per heavy atom. The van der Waals surface area contributed by atoms with E-state index in [2.05, 4.69) is 22.0 Å². The lowest BCUT2D eigenvalue weighted by atomic mass is 10.1. The molecule has 0 atom stereocenters. The van der Waals surface area contributed by atoms with Crippen molar-refractivity contribution in [3.8, 4) is 0 Å². The van der Waals surface area contributed by atoms with Crippen molar-refractivity contribution in [2.45, 2.75) is 26.4 Å². The van der Waals surface area contributed by atoms with Gasteiger partial charge in [0.1, 0.15) is 11.4 Å². The van der Waals surface area contributed by atoms with Crippen LogP contribution in [0, 0.1) is 0 Å². The molecule has 5 nitrogen and oxygen atoms in total. The summed E-state index contributed by atoms with van der Waals surface area (Å²) in [6.07, 6.45) is 1.61. The van der Waals surface area contributed by atoms with E-state index >= 15 is 0 Å². The molecule has 0 aliphatic carbocycles. The first kappa shape index (κ1) is 15.6. The highest BCUT2D eigenvalue weighted by atomic mass is 16.6. The zero-order valence-corrected chi connectivity index (χ0v) is 14.0. The van der Waals surface area contributed by atoms with Crippen molar-refractivity contribution >= 4 is 22.7 Å². The highest BCUT2D eigenvalue weighted by Crippen LogP contribution is 2.25. The number of piperazine rings is 1. The Morgan fingerprint density at radius 1 is 1.09 bits per heavy atom. The molecular weight excluding hydrogens is 290 g/mol. The number of carbonyl (C=O) groups is 1. The predicted molar refractivity (Wildman–Crippen MR) is 91.8 cm³/mol. The summed E-state index contributed by atoms with van der Waals surface area (Å²) >= 11 is 0. The third-order valence-corrected chi connectivity index (χ3v) is 3.88. The summed E-state index contributed by atoms with van der Waals surface area (Å²) in [6, 6.07) is 10.3. The number of anilines is 1. The normalized spacial score (nSPS) is 15.8. The lowest BCUT2D eigenvalue weighted by Gasteiger charge is -2.36. The third kappa shape index (κ3) is 3.55. The Kier molecular flexibility index (Phi) is 4.11. The predicted octanol–water partition coefficient (Wildman–Crippen LogP) is 3.29. The zero-order valence-electron chi connectivity index (χ0n) is 14.0. The van der Waals surface area contributed by atoms with E-state index in [4.69, 9.17) is 4.74 Å². The van der Waals surface area contributed by atoms with E-state index in [1.165, 1.54) is 5.39 Å². The summed E-state index contributed by atoms with van der Waals surface area (Å²) in [5.74, 6) is 0.993. The SMILES string of the molecule is CC(C)(C)OC(=O)N1CCN(c2nccc3ccccc23)CC1. The molecule has 1 aliphatic heterocycles. The van der Waals surface area contributed by atoms with Gasteiger partial charge in [-0.25, -0.2) is 9.78 Å². The molecule has 3 rings (SSSR count). The molecular formula is C18H23N3O2. The van der Waals surface area contributed by atoms with Crippen molar-refractivity contribution in [1.29, 1.82) is 0 Å². The monoisotopic (exact) mass is 313 g/mol. The molecule has 2 heterocycles. The maximum absolute atomic E-state index is 12.1. The van der Waals surface area contributed by atoms with Gasteiger partial charge in [0.05, 0.1) is 0 Å². The second-order valence-corrected chi connectivity index (χ2v) is 6.81. The van der Waals surface area contributed by atoms with Gasteiger partial charge in [0.15, 0.2) is 0 Å². The number of pyridine rings is 1. The van der Waals surface area contributed by atoms with E-state index in [-0.39, 0.29) is 6.09 Å². The minimum atomic E-state index is -0.453. The molecule has 1 amide bonds. The fourth-order valence-electron chi connectivity index (χ4n) is 2.78. The van der Waals surface area contributed by atoms with Crippen LogP contribution in [0.3, 0.4) is 0 Å². The highest BCUT2D eigenvalue weighted by molar-refractivity contribution is 5.92. The minimum absolute atomic E-state index is 0.233. The van der Waals surface area contributed by atoms with Crippen molar-refractivity contribution in [1.82, 2.24) is 9.88 Å². The Hall–Kier alpha value is -2.30. The summed E-state index contributed by atoms with van der Waals surface area (Å²) in [4.78, 5) is 20.7. The average Bonchev–Trinajstić information content (AvgIpc) is 2.53. The molecule has 0 N–H and O–H groups in total. The molecule has 1 aliphatic rings. The number of ether oxygens (including phenoxy) is 1. The van der Waals surface area contributed by atoms with Crippen molar-refractivity contribution < 1.29 is 9.53 Å². The van der Waals surface area contributed by atoms with Crippen LogP contribution in [0.2, 0.25) is 0 Å². The third-order valence-electron chi connectivity index (χ3n) is 3.88. The number of carbonyl (C=O) groups excluding carboxylic acids is 1. The van der Waals surface area contributed by atoms with Crippen LogP contribution in [0.15, 0.2) is 36.5 Å². The molecule has 1 fully saturated rings. The smallest absolute Gasteiger partial charge is 0.410 e. The fraction of sp³-hybridized carbons (Fsp3) is 0.444. The molecule has 0 saturated carbocycles. The van der Waals surface area contributed by atoms with Gasteiger partial charge >= 0.3 is 6.09 Å². The van der Waals surface area contributed by atoms with Gasteiger partial charge < -0.3 is 14.5 Å².